The summed E-state index contributed by atoms with van der Waals surface area (Å²) in [5, 5.41) is 41.9. The van der Waals surface area contributed by atoms with E-state index in [-0.39, 0.29) is 49.5 Å². The first-order valence-corrected chi connectivity index (χ1v) is 19.9. The summed E-state index contributed by atoms with van der Waals surface area (Å²) in [5.74, 6) is -0.756. The van der Waals surface area contributed by atoms with Gasteiger partial charge in [0, 0.05) is 62.4 Å². The Bertz CT molecular complexity index is 2270. The van der Waals surface area contributed by atoms with Crippen molar-refractivity contribution in [2.24, 2.45) is 0 Å². The summed E-state index contributed by atoms with van der Waals surface area (Å²) in [6, 6.07) is 25.3. The van der Waals surface area contributed by atoms with Crippen molar-refractivity contribution in [2.45, 2.75) is 65.0 Å². The molecule has 5 N–H and O–H groups in total. The van der Waals surface area contributed by atoms with Crippen molar-refractivity contribution >= 4 is 23.5 Å². The van der Waals surface area contributed by atoms with Crippen LogP contribution in [0, 0.1) is 13.8 Å². The van der Waals surface area contributed by atoms with Gasteiger partial charge in [-0.15, -0.1) is 0 Å². The van der Waals surface area contributed by atoms with Crippen LogP contribution in [-0.2, 0) is 24.6 Å². The maximum Gasteiger partial charge on any atom is 0.337 e. The van der Waals surface area contributed by atoms with Gasteiger partial charge in [0.15, 0.2) is 0 Å². The fourth-order valence-corrected chi connectivity index (χ4v) is 7.40. The molecule has 2 atom stereocenters. The number of nitrogens with one attached hydrogen (secondary N) is 1. The Hall–Kier alpha value is -5.50. The number of aromatic nitrogens is 1. The van der Waals surface area contributed by atoms with E-state index >= 15 is 0 Å². The second kappa shape index (κ2) is 19.5. The molecule has 59 heavy (non-hydrogen) atoms. The van der Waals surface area contributed by atoms with E-state index in [1.807, 2.05) is 24.3 Å². The van der Waals surface area contributed by atoms with Crippen molar-refractivity contribution in [1.29, 1.82) is 0 Å². The summed E-state index contributed by atoms with van der Waals surface area (Å²) in [6.45, 7) is 8.47. The largest absolute Gasteiger partial charge is 0.492 e. The number of β-amino-alcohol motifs (C(OH)–C–C–N with tert-alkyl or cyclic N) is 1. The average Bonchev–Trinajstić information content (AvgIpc) is 3.64. The summed E-state index contributed by atoms with van der Waals surface area (Å²) in [7, 11) is 0. The molecule has 1 saturated heterocycles. The number of benzene rings is 4. The van der Waals surface area contributed by atoms with E-state index in [9.17, 15) is 30.0 Å². The fraction of sp³-hybridized carbons (Fsp3) is 0.326. The number of aliphatic hydroxyl groups is 2. The monoisotopic (exact) mass is 823 g/mol. The number of rotatable bonds is 19. The van der Waals surface area contributed by atoms with E-state index in [0.717, 1.165) is 64.2 Å². The highest BCUT2D eigenvalue weighted by Gasteiger charge is 2.32. The van der Waals surface area contributed by atoms with Gasteiger partial charge in [0.25, 0.3) is 0 Å². The summed E-state index contributed by atoms with van der Waals surface area (Å²) in [6.07, 6.45) is 3.30. The SMILES string of the molecule is Cc1c(COc2cc(OCc3cncc(C(=O)O)c3)c(CNC(C)(CCO)C(=O)O)cc2Cl)cccc1-c1cccc(-c2ccc(OCCN3CC[C@@H](O)C3)cc2)c1C. The lowest BCUT2D eigenvalue weighted by atomic mass is 9.89. The Balaban J connectivity index is 1.19. The van der Waals surface area contributed by atoms with Crippen LogP contribution >= 0.6 is 11.6 Å². The number of halogens is 1. The van der Waals surface area contributed by atoms with Crippen LogP contribution in [-0.4, -0.2) is 86.7 Å². The molecule has 1 unspecified atom stereocenters. The standard InChI is InChI=1S/C46H50ClN3O9/c1-29-33(6-4-8-39(29)40-9-5-7-38(30(40)2)32-10-12-37(13-11-32)57-19-17-50-16-14-36(52)26-50)28-59-43-22-42(58-27-31-20-35(44(53)54)24-48-23-31)34(21-41(43)47)25-49-46(3,15-18-51)45(55)56/h4-13,20-24,36,49,51-52H,14-19,25-28H2,1-3H3,(H,53,54)(H,55,56)/t36-,46?/m1/s1. The molecule has 5 aromatic rings. The Morgan fingerprint density at radius 2 is 1.59 bits per heavy atom. The van der Waals surface area contributed by atoms with Gasteiger partial charge in [-0.2, -0.15) is 0 Å². The van der Waals surface area contributed by atoms with Crippen molar-refractivity contribution in [3.8, 4) is 39.5 Å². The van der Waals surface area contributed by atoms with Crippen LogP contribution in [0.4, 0.5) is 0 Å². The highest BCUT2D eigenvalue weighted by Crippen LogP contribution is 2.37. The van der Waals surface area contributed by atoms with Crippen LogP contribution in [0.3, 0.4) is 0 Å². The maximum atomic E-state index is 12.1. The van der Waals surface area contributed by atoms with Gasteiger partial charge in [-0.05, 0) is 96.8 Å². The van der Waals surface area contributed by atoms with Gasteiger partial charge < -0.3 is 34.6 Å². The molecule has 0 radical (unpaired) electrons. The van der Waals surface area contributed by atoms with Crippen LogP contribution in [0.5, 0.6) is 17.2 Å². The zero-order valence-electron chi connectivity index (χ0n) is 33.4. The maximum absolute atomic E-state index is 12.1. The first-order valence-electron chi connectivity index (χ1n) is 19.5. The van der Waals surface area contributed by atoms with Gasteiger partial charge in [-0.1, -0.05) is 60.1 Å². The molecule has 1 fully saturated rings. The number of aliphatic hydroxyl groups excluding tert-OH is 2. The molecule has 1 aromatic heterocycles. The van der Waals surface area contributed by atoms with E-state index in [0.29, 0.717) is 35.8 Å². The van der Waals surface area contributed by atoms with Crippen LogP contribution in [0.15, 0.2) is 91.3 Å². The Kier molecular flexibility index (Phi) is 14.2. The highest BCUT2D eigenvalue weighted by molar-refractivity contribution is 6.32. The number of aliphatic carboxylic acids is 1. The number of pyridine rings is 1. The Labute approximate surface area is 349 Å². The topological polar surface area (TPSA) is 171 Å². The van der Waals surface area contributed by atoms with E-state index in [2.05, 4.69) is 65.4 Å². The predicted octanol–water partition coefficient (Wildman–Crippen LogP) is 7.30. The zero-order valence-corrected chi connectivity index (χ0v) is 34.2. The third-order valence-corrected chi connectivity index (χ3v) is 11.1. The summed E-state index contributed by atoms with van der Waals surface area (Å²) < 4.78 is 18.5. The number of nitrogens with zero attached hydrogens (tertiary/aromatic N) is 2. The second-order valence-corrected chi connectivity index (χ2v) is 15.4. The van der Waals surface area contributed by atoms with Crippen molar-refractivity contribution in [2.75, 3.05) is 32.8 Å². The highest BCUT2D eigenvalue weighted by atomic mass is 35.5. The molecule has 1 aliphatic heterocycles. The average molecular weight is 824 g/mol. The van der Waals surface area contributed by atoms with Crippen LogP contribution < -0.4 is 19.5 Å². The third-order valence-electron chi connectivity index (χ3n) is 10.8. The first-order chi connectivity index (χ1) is 28.3. The minimum atomic E-state index is -1.42. The molecule has 12 nitrogen and oxygen atoms in total. The number of ether oxygens (including phenoxy) is 3. The number of carboxylic acid groups (broad SMARTS) is 2. The van der Waals surface area contributed by atoms with Gasteiger partial charge in [-0.25, -0.2) is 4.79 Å². The van der Waals surface area contributed by atoms with Crippen molar-refractivity contribution in [3.05, 3.63) is 130 Å². The molecular weight excluding hydrogens is 774 g/mol. The molecule has 0 spiro atoms. The lowest BCUT2D eigenvalue weighted by Gasteiger charge is -2.26. The lowest BCUT2D eigenvalue weighted by Crippen LogP contribution is -2.49. The number of hydrogen-bond acceptors (Lipinski definition) is 10. The summed E-state index contributed by atoms with van der Waals surface area (Å²) >= 11 is 6.79. The van der Waals surface area contributed by atoms with Crippen molar-refractivity contribution in [1.82, 2.24) is 15.2 Å². The van der Waals surface area contributed by atoms with Gasteiger partial charge >= 0.3 is 11.9 Å². The second-order valence-electron chi connectivity index (χ2n) is 15.0. The number of likely N-dealkylation sites (tertiary alicyclic amines) is 1. The summed E-state index contributed by atoms with van der Waals surface area (Å²) in [5.41, 5.74) is 7.10. The van der Waals surface area contributed by atoms with Gasteiger partial charge in [0.05, 0.1) is 16.7 Å². The molecule has 2 heterocycles. The summed E-state index contributed by atoms with van der Waals surface area (Å²) in [4.78, 5) is 29.8. The molecule has 0 saturated carbocycles. The van der Waals surface area contributed by atoms with Gasteiger partial charge in [-0.3, -0.25) is 20.0 Å². The van der Waals surface area contributed by atoms with E-state index in [1.165, 1.54) is 25.4 Å². The molecule has 6 rings (SSSR count). The number of carbonyl (C=O) groups is 2. The van der Waals surface area contributed by atoms with E-state index in [4.69, 9.17) is 25.8 Å². The molecule has 0 bridgehead atoms. The van der Waals surface area contributed by atoms with E-state index < -0.39 is 17.5 Å². The first kappa shape index (κ1) is 43.1. The normalized spacial score (nSPS) is 15.1. The van der Waals surface area contributed by atoms with Crippen LogP contribution in [0.1, 0.15) is 57.9 Å². The molecule has 1 aliphatic rings. The molecule has 0 amide bonds. The quantitative estimate of drug-likeness (QED) is 0.0564. The van der Waals surface area contributed by atoms with Crippen LogP contribution in [0.2, 0.25) is 5.02 Å². The third kappa shape index (κ3) is 10.8. The molecular formula is C46H50ClN3O9. The van der Waals surface area contributed by atoms with Gasteiger partial charge in [0.2, 0.25) is 0 Å². The Morgan fingerprint density at radius 3 is 2.29 bits per heavy atom. The van der Waals surface area contributed by atoms with E-state index in [1.54, 1.807) is 12.1 Å². The molecule has 310 valence electrons. The van der Waals surface area contributed by atoms with Crippen LogP contribution in [0.25, 0.3) is 22.3 Å². The Morgan fingerprint density at radius 1 is 0.881 bits per heavy atom. The smallest absolute Gasteiger partial charge is 0.337 e. The minimum Gasteiger partial charge on any atom is -0.492 e. The van der Waals surface area contributed by atoms with Crippen molar-refractivity contribution < 1.29 is 44.2 Å². The van der Waals surface area contributed by atoms with Gasteiger partial charge in [0.1, 0.15) is 42.6 Å². The molecule has 13 heteroatoms. The molecule has 0 aliphatic carbocycles. The van der Waals surface area contributed by atoms with Crippen molar-refractivity contribution in [3.63, 3.8) is 0 Å². The number of hydrogen-bond donors (Lipinski definition) is 5. The zero-order chi connectivity index (χ0) is 42.1. The lowest BCUT2D eigenvalue weighted by molar-refractivity contribution is -0.145. The number of aromatic carboxylic acids is 1. The fourth-order valence-electron chi connectivity index (χ4n) is 7.15. The minimum absolute atomic E-state index is 0.0142. The number of carboxylic acids is 2. The molecule has 4 aromatic carbocycles. The predicted molar refractivity (Wildman–Crippen MR) is 225 cm³/mol.